The van der Waals surface area contributed by atoms with Crippen LogP contribution < -0.4 is 10.2 Å². The normalized spacial score (nSPS) is 15.7. The van der Waals surface area contributed by atoms with Gasteiger partial charge in [-0.05, 0) is 63.0 Å². The molecule has 0 aliphatic carbocycles. The van der Waals surface area contributed by atoms with Crippen molar-refractivity contribution in [1.82, 2.24) is 28.6 Å². The Kier molecular flexibility index (Phi) is 8.72. The maximum Gasteiger partial charge on any atom is 0.307 e. The van der Waals surface area contributed by atoms with Crippen LogP contribution in [0.2, 0.25) is 0 Å². The van der Waals surface area contributed by atoms with Crippen molar-refractivity contribution in [3.8, 4) is 11.1 Å². The summed E-state index contributed by atoms with van der Waals surface area (Å²) < 4.78 is 45.0. The molecule has 5 aromatic rings. The van der Waals surface area contributed by atoms with E-state index in [4.69, 9.17) is 0 Å². The highest BCUT2D eigenvalue weighted by Crippen LogP contribution is 2.31. The van der Waals surface area contributed by atoms with Crippen LogP contribution in [-0.4, -0.2) is 89.9 Å². The number of fused-ring (bicyclic) bond motifs is 2. The van der Waals surface area contributed by atoms with Gasteiger partial charge in [0.15, 0.2) is 0 Å². The topological polar surface area (TPSA) is 104 Å². The molecule has 0 amide bonds. The lowest BCUT2D eigenvalue weighted by Gasteiger charge is -2.35. The average molecular weight is 650 g/mol. The van der Waals surface area contributed by atoms with Gasteiger partial charge < -0.3 is 14.8 Å². The van der Waals surface area contributed by atoms with Crippen molar-refractivity contribution in [2.75, 3.05) is 52.1 Å². The molecule has 0 spiro atoms. The molecule has 10 nitrogen and oxygen atoms in total. The minimum atomic E-state index is -3.67. The van der Waals surface area contributed by atoms with Gasteiger partial charge in [-0.3, -0.25) is 9.69 Å². The standard InChI is InChI=1S/C32H36FN7O3S2/c1-21(18-39-12-14-40(15-13-39)45(42,43)24-9-11-28-29(17-24)44-32(41)38(28)4)36-31-26-7-5-6-25(30(26)34-20-35-31)22-8-10-27(33)23(16-22)19-37(2)3/h5-11,16-17,20-21H,12-15,18-19H2,1-4H3,(H,34,35,36). The highest BCUT2D eigenvalue weighted by atomic mass is 32.2. The Balaban J connectivity index is 1.12. The highest BCUT2D eigenvalue weighted by Gasteiger charge is 2.29. The molecule has 2 aromatic heterocycles. The first-order valence-electron chi connectivity index (χ1n) is 14.8. The molecule has 0 saturated carbocycles. The molecule has 1 aliphatic rings. The van der Waals surface area contributed by atoms with Crippen LogP contribution in [0.4, 0.5) is 10.2 Å². The Morgan fingerprint density at radius 3 is 2.58 bits per heavy atom. The number of aromatic nitrogens is 3. The molecule has 1 saturated heterocycles. The number of aryl methyl sites for hydroxylation is 1. The summed E-state index contributed by atoms with van der Waals surface area (Å²) in [5.74, 6) is 0.481. The Bertz CT molecular complexity index is 2040. The van der Waals surface area contributed by atoms with Gasteiger partial charge in [0.2, 0.25) is 10.0 Å². The smallest absolute Gasteiger partial charge is 0.307 e. The van der Waals surface area contributed by atoms with Crippen LogP contribution in [0.1, 0.15) is 12.5 Å². The molecule has 1 unspecified atom stereocenters. The molecule has 13 heteroatoms. The number of nitrogens with zero attached hydrogens (tertiary/aromatic N) is 6. The fourth-order valence-electron chi connectivity index (χ4n) is 5.88. The van der Waals surface area contributed by atoms with Gasteiger partial charge in [-0.2, -0.15) is 4.31 Å². The molecular formula is C32H36FN7O3S2. The van der Waals surface area contributed by atoms with Crippen molar-refractivity contribution in [3.63, 3.8) is 0 Å². The van der Waals surface area contributed by atoms with E-state index in [-0.39, 0.29) is 21.6 Å². The fourth-order valence-corrected chi connectivity index (χ4v) is 8.32. The molecule has 3 heterocycles. The quantitative estimate of drug-likeness (QED) is 0.253. The van der Waals surface area contributed by atoms with Crippen LogP contribution in [0.5, 0.6) is 0 Å². The monoisotopic (exact) mass is 649 g/mol. The van der Waals surface area contributed by atoms with E-state index < -0.39 is 10.0 Å². The molecule has 1 N–H and O–H groups in total. The zero-order chi connectivity index (χ0) is 31.9. The van der Waals surface area contributed by atoms with Crippen LogP contribution in [0.3, 0.4) is 0 Å². The van der Waals surface area contributed by atoms with E-state index >= 15 is 0 Å². The SMILES string of the molecule is CC(CN1CCN(S(=O)(=O)c2ccc3c(c2)sc(=O)n3C)CC1)Nc1ncnc2c(-c3ccc(F)c(CN(C)C)c3)cccc12. The minimum Gasteiger partial charge on any atom is -0.366 e. The van der Waals surface area contributed by atoms with Crippen LogP contribution in [0.25, 0.3) is 32.2 Å². The van der Waals surface area contributed by atoms with Gasteiger partial charge in [0.1, 0.15) is 18.0 Å². The number of nitrogens with one attached hydrogen (secondary N) is 1. The molecule has 45 heavy (non-hydrogen) atoms. The number of sulfonamides is 1. The number of halogens is 1. The number of hydrogen-bond donors (Lipinski definition) is 1. The second-order valence-corrected chi connectivity index (χ2v) is 14.7. The van der Waals surface area contributed by atoms with Gasteiger partial charge in [-0.15, -0.1) is 0 Å². The van der Waals surface area contributed by atoms with Crippen molar-refractivity contribution < 1.29 is 12.8 Å². The predicted molar refractivity (Wildman–Crippen MR) is 178 cm³/mol. The third kappa shape index (κ3) is 6.36. The third-order valence-corrected chi connectivity index (χ3v) is 11.0. The molecule has 1 atom stereocenters. The fraction of sp³-hybridized carbons (Fsp3) is 0.344. The zero-order valence-electron chi connectivity index (χ0n) is 25.7. The summed E-state index contributed by atoms with van der Waals surface area (Å²) in [5.41, 5.74) is 3.93. The van der Waals surface area contributed by atoms with E-state index in [1.807, 2.05) is 43.3 Å². The number of anilines is 1. The Morgan fingerprint density at radius 1 is 1.04 bits per heavy atom. The molecular weight excluding hydrogens is 614 g/mol. The second-order valence-electron chi connectivity index (χ2n) is 11.8. The van der Waals surface area contributed by atoms with Crippen LogP contribution in [-0.2, 0) is 23.6 Å². The van der Waals surface area contributed by atoms with Crippen molar-refractivity contribution in [2.45, 2.75) is 24.4 Å². The lowest BCUT2D eigenvalue weighted by atomic mass is 9.99. The number of para-hydroxylation sites is 1. The van der Waals surface area contributed by atoms with Crippen LogP contribution in [0, 0.1) is 5.82 Å². The lowest BCUT2D eigenvalue weighted by Crippen LogP contribution is -2.50. The first kappa shape index (κ1) is 31.2. The van der Waals surface area contributed by atoms with E-state index in [1.165, 1.54) is 14.9 Å². The maximum absolute atomic E-state index is 14.5. The van der Waals surface area contributed by atoms with E-state index in [1.54, 1.807) is 37.6 Å². The first-order chi connectivity index (χ1) is 21.5. The van der Waals surface area contributed by atoms with Crippen molar-refractivity contribution in [1.29, 1.82) is 0 Å². The number of thiazole rings is 1. The van der Waals surface area contributed by atoms with Crippen molar-refractivity contribution in [2.24, 2.45) is 7.05 Å². The lowest BCUT2D eigenvalue weighted by molar-refractivity contribution is 0.184. The van der Waals surface area contributed by atoms with Gasteiger partial charge in [0.25, 0.3) is 0 Å². The Hall–Kier alpha value is -3.75. The molecule has 1 aliphatic heterocycles. The second kappa shape index (κ2) is 12.6. The summed E-state index contributed by atoms with van der Waals surface area (Å²) in [6, 6.07) is 16.0. The van der Waals surface area contributed by atoms with Crippen LogP contribution >= 0.6 is 11.3 Å². The summed E-state index contributed by atoms with van der Waals surface area (Å²) in [4.78, 5) is 25.4. The van der Waals surface area contributed by atoms with Crippen molar-refractivity contribution in [3.05, 3.63) is 82.0 Å². The summed E-state index contributed by atoms with van der Waals surface area (Å²) in [6.07, 6.45) is 1.54. The molecule has 236 valence electrons. The van der Waals surface area contributed by atoms with Crippen LogP contribution in [0.15, 0.2) is 70.6 Å². The third-order valence-electron chi connectivity index (χ3n) is 8.16. The zero-order valence-corrected chi connectivity index (χ0v) is 27.3. The van der Waals surface area contributed by atoms with Gasteiger partial charge >= 0.3 is 4.87 Å². The van der Waals surface area contributed by atoms with Crippen molar-refractivity contribution >= 4 is 48.3 Å². The minimum absolute atomic E-state index is 0.0238. The number of benzene rings is 3. The molecule has 3 aromatic carbocycles. The number of piperazine rings is 1. The van der Waals surface area contributed by atoms with Gasteiger partial charge in [-0.1, -0.05) is 29.5 Å². The number of rotatable bonds is 9. The predicted octanol–water partition coefficient (Wildman–Crippen LogP) is 4.22. The van der Waals surface area contributed by atoms with E-state index in [0.29, 0.717) is 55.3 Å². The molecule has 0 bridgehead atoms. The highest BCUT2D eigenvalue weighted by molar-refractivity contribution is 7.89. The van der Waals surface area contributed by atoms with E-state index in [0.717, 1.165) is 38.9 Å². The largest absolute Gasteiger partial charge is 0.366 e. The van der Waals surface area contributed by atoms with Gasteiger partial charge in [0.05, 0.1) is 20.6 Å². The Morgan fingerprint density at radius 2 is 1.82 bits per heavy atom. The maximum atomic E-state index is 14.5. The molecule has 1 fully saturated rings. The molecule has 6 rings (SSSR count). The average Bonchev–Trinajstić information content (AvgIpc) is 3.30. The number of hydrogen-bond acceptors (Lipinski definition) is 9. The van der Waals surface area contributed by atoms with Gasteiger partial charge in [0, 0.05) is 68.9 Å². The molecule has 0 radical (unpaired) electrons. The van der Waals surface area contributed by atoms with Gasteiger partial charge in [-0.25, -0.2) is 22.8 Å². The van der Waals surface area contributed by atoms with E-state index in [9.17, 15) is 17.6 Å². The first-order valence-corrected chi connectivity index (χ1v) is 17.0. The summed E-state index contributed by atoms with van der Waals surface area (Å²) >= 11 is 1.05. The van der Waals surface area contributed by atoms with E-state index in [2.05, 4.69) is 27.1 Å². The summed E-state index contributed by atoms with van der Waals surface area (Å²) in [5, 5.41) is 4.40. The summed E-state index contributed by atoms with van der Waals surface area (Å²) in [7, 11) is 1.84. The Labute approximate surface area is 265 Å². The summed E-state index contributed by atoms with van der Waals surface area (Å²) in [6.45, 7) is 5.24.